The standard InChI is InChI=1S/C22H29N3O3/c1-15-13-23-21(16-6-4-7-16)25(15)17-8-5-11-24(14-17)22(26)19-10-9-18(27-2)12-20(19)28-3/h9-10,12-13,16-17H,4-8,11,14H2,1-3H3. The van der Waals surface area contributed by atoms with E-state index >= 15 is 0 Å². The number of methoxy groups -OCH3 is 2. The molecule has 4 rings (SSSR count). The molecule has 0 bridgehead atoms. The Morgan fingerprint density at radius 1 is 1.14 bits per heavy atom. The van der Waals surface area contributed by atoms with Crippen molar-refractivity contribution in [2.24, 2.45) is 0 Å². The normalized spacial score (nSPS) is 20.0. The molecule has 1 aromatic carbocycles. The van der Waals surface area contributed by atoms with Crippen LogP contribution < -0.4 is 9.47 Å². The Hall–Kier alpha value is -2.50. The number of hydrogen-bond donors (Lipinski definition) is 0. The number of imidazole rings is 1. The fourth-order valence-corrected chi connectivity index (χ4v) is 4.40. The molecule has 1 aromatic heterocycles. The van der Waals surface area contributed by atoms with Crippen molar-refractivity contribution < 1.29 is 14.3 Å². The lowest BCUT2D eigenvalue weighted by Gasteiger charge is -2.36. The van der Waals surface area contributed by atoms with Crippen LogP contribution in [-0.4, -0.2) is 47.7 Å². The van der Waals surface area contributed by atoms with Gasteiger partial charge >= 0.3 is 0 Å². The van der Waals surface area contributed by atoms with Gasteiger partial charge in [-0.2, -0.15) is 0 Å². The van der Waals surface area contributed by atoms with Gasteiger partial charge in [0, 0.05) is 37.0 Å². The molecule has 2 fully saturated rings. The van der Waals surface area contributed by atoms with E-state index in [1.807, 2.05) is 17.2 Å². The molecule has 2 aromatic rings. The van der Waals surface area contributed by atoms with Crippen LogP contribution in [0.1, 0.15) is 65.9 Å². The molecule has 150 valence electrons. The van der Waals surface area contributed by atoms with Gasteiger partial charge in [-0.15, -0.1) is 0 Å². The smallest absolute Gasteiger partial charge is 0.257 e. The Bertz CT molecular complexity index is 857. The molecule has 28 heavy (non-hydrogen) atoms. The van der Waals surface area contributed by atoms with E-state index in [0.29, 0.717) is 35.6 Å². The summed E-state index contributed by atoms with van der Waals surface area (Å²) in [7, 11) is 3.20. The zero-order valence-electron chi connectivity index (χ0n) is 17.0. The Morgan fingerprint density at radius 3 is 2.64 bits per heavy atom. The third-order valence-corrected chi connectivity index (χ3v) is 6.17. The van der Waals surface area contributed by atoms with Gasteiger partial charge in [0.2, 0.25) is 0 Å². The summed E-state index contributed by atoms with van der Waals surface area (Å²) in [6.45, 7) is 3.62. The maximum atomic E-state index is 13.2. The van der Waals surface area contributed by atoms with Gasteiger partial charge < -0.3 is 18.9 Å². The summed E-state index contributed by atoms with van der Waals surface area (Å²) in [5.41, 5.74) is 1.79. The van der Waals surface area contributed by atoms with Gasteiger partial charge in [-0.1, -0.05) is 6.42 Å². The van der Waals surface area contributed by atoms with Crippen LogP contribution in [0, 0.1) is 6.92 Å². The summed E-state index contributed by atoms with van der Waals surface area (Å²) in [6.07, 6.45) is 7.82. The minimum Gasteiger partial charge on any atom is -0.497 e. The molecule has 6 heteroatoms. The molecule has 2 aliphatic rings. The van der Waals surface area contributed by atoms with Crippen molar-refractivity contribution >= 4 is 5.91 Å². The fourth-order valence-electron chi connectivity index (χ4n) is 4.40. The number of aromatic nitrogens is 2. The number of ether oxygens (including phenoxy) is 2. The van der Waals surface area contributed by atoms with Crippen molar-refractivity contribution in [3.05, 3.63) is 41.5 Å². The zero-order valence-corrected chi connectivity index (χ0v) is 17.0. The molecule has 0 spiro atoms. The molecular formula is C22H29N3O3. The van der Waals surface area contributed by atoms with Crippen LogP contribution in [0.2, 0.25) is 0 Å². The maximum absolute atomic E-state index is 13.2. The molecular weight excluding hydrogens is 354 g/mol. The van der Waals surface area contributed by atoms with Crippen LogP contribution in [0.5, 0.6) is 11.5 Å². The largest absolute Gasteiger partial charge is 0.497 e. The average Bonchev–Trinajstić information content (AvgIpc) is 3.06. The molecule has 2 heterocycles. The Balaban J connectivity index is 1.56. The van der Waals surface area contributed by atoms with Gasteiger partial charge in [-0.3, -0.25) is 4.79 Å². The first-order chi connectivity index (χ1) is 13.6. The Labute approximate surface area is 166 Å². The van der Waals surface area contributed by atoms with Crippen molar-refractivity contribution in [3.63, 3.8) is 0 Å². The van der Waals surface area contributed by atoms with E-state index in [1.54, 1.807) is 26.4 Å². The third kappa shape index (κ3) is 3.36. The van der Waals surface area contributed by atoms with Crippen molar-refractivity contribution in [3.8, 4) is 11.5 Å². The number of nitrogens with zero attached hydrogens (tertiary/aromatic N) is 3. The first kappa shape index (κ1) is 18.8. The molecule has 1 unspecified atom stereocenters. The first-order valence-corrected chi connectivity index (χ1v) is 10.2. The summed E-state index contributed by atoms with van der Waals surface area (Å²) in [6, 6.07) is 5.67. The Morgan fingerprint density at radius 2 is 1.96 bits per heavy atom. The van der Waals surface area contributed by atoms with Crippen LogP contribution in [0.25, 0.3) is 0 Å². The number of amides is 1. The van der Waals surface area contributed by atoms with Crippen LogP contribution in [0.15, 0.2) is 24.4 Å². The topological polar surface area (TPSA) is 56.6 Å². The number of benzene rings is 1. The molecule has 0 radical (unpaired) electrons. The number of rotatable bonds is 5. The second kappa shape index (κ2) is 7.86. The number of aryl methyl sites for hydroxylation is 1. The van der Waals surface area contributed by atoms with Gasteiger partial charge in [0.15, 0.2) is 0 Å². The predicted octanol–water partition coefficient (Wildman–Crippen LogP) is 3.95. The third-order valence-electron chi connectivity index (χ3n) is 6.17. The van der Waals surface area contributed by atoms with Crippen LogP contribution in [0.4, 0.5) is 0 Å². The summed E-state index contributed by atoms with van der Waals surface area (Å²) >= 11 is 0. The van der Waals surface area contributed by atoms with Crippen LogP contribution in [-0.2, 0) is 0 Å². The van der Waals surface area contributed by atoms with E-state index in [-0.39, 0.29) is 5.91 Å². The highest BCUT2D eigenvalue weighted by atomic mass is 16.5. The van der Waals surface area contributed by atoms with Gasteiger partial charge in [0.05, 0.1) is 25.8 Å². The predicted molar refractivity (Wildman–Crippen MR) is 107 cm³/mol. The molecule has 1 saturated carbocycles. The number of hydrogen-bond acceptors (Lipinski definition) is 4. The Kier molecular flexibility index (Phi) is 5.29. The van der Waals surface area contributed by atoms with Gasteiger partial charge in [0.25, 0.3) is 5.91 Å². The van der Waals surface area contributed by atoms with Gasteiger partial charge in [-0.25, -0.2) is 4.98 Å². The van der Waals surface area contributed by atoms with E-state index < -0.39 is 0 Å². The van der Waals surface area contributed by atoms with E-state index in [2.05, 4.69) is 11.5 Å². The molecule has 6 nitrogen and oxygen atoms in total. The summed E-state index contributed by atoms with van der Waals surface area (Å²) in [5, 5.41) is 0. The highest BCUT2D eigenvalue weighted by molar-refractivity contribution is 5.97. The molecule has 1 saturated heterocycles. The molecule has 1 aliphatic heterocycles. The van der Waals surface area contributed by atoms with E-state index in [1.165, 1.54) is 30.8 Å². The monoisotopic (exact) mass is 383 g/mol. The number of piperidine rings is 1. The zero-order chi connectivity index (χ0) is 19.7. The summed E-state index contributed by atoms with van der Waals surface area (Å²) in [4.78, 5) is 19.9. The minimum atomic E-state index is 0.0205. The summed E-state index contributed by atoms with van der Waals surface area (Å²) < 4.78 is 13.1. The van der Waals surface area contributed by atoms with Crippen LogP contribution in [0.3, 0.4) is 0 Å². The van der Waals surface area contributed by atoms with Crippen molar-refractivity contribution in [1.82, 2.24) is 14.5 Å². The van der Waals surface area contributed by atoms with Crippen molar-refractivity contribution in [2.75, 3.05) is 27.3 Å². The van der Waals surface area contributed by atoms with Gasteiger partial charge in [-0.05, 0) is 44.7 Å². The molecule has 1 atom stereocenters. The highest BCUT2D eigenvalue weighted by Gasteiger charge is 2.32. The van der Waals surface area contributed by atoms with Crippen molar-refractivity contribution in [2.45, 2.75) is 51.0 Å². The van der Waals surface area contributed by atoms with Gasteiger partial charge in [0.1, 0.15) is 17.3 Å². The lowest BCUT2D eigenvalue weighted by atomic mass is 9.84. The average molecular weight is 383 g/mol. The summed E-state index contributed by atoms with van der Waals surface area (Å²) in [5.74, 6) is 3.06. The molecule has 1 amide bonds. The highest BCUT2D eigenvalue weighted by Crippen LogP contribution is 2.38. The quantitative estimate of drug-likeness (QED) is 0.784. The van der Waals surface area contributed by atoms with Crippen molar-refractivity contribution in [1.29, 1.82) is 0 Å². The number of carbonyl (C=O) groups is 1. The van der Waals surface area contributed by atoms with E-state index in [9.17, 15) is 4.79 Å². The van der Waals surface area contributed by atoms with E-state index in [4.69, 9.17) is 14.5 Å². The molecule has 1 aliphatic carbocycles. The van der Waals surface area contributed by atoms with E-state index in [0.717, 1.165) is 19.4 Å². The second-order valence-corrected chi connectivity index (χ2v) is 7.87. The van der Waals surface area contributed by atoms with Crippen LogP contribution >= 0.6 is 0 Å². The second-order valence-electron chi connectivity index (χ2n) is 7.87. The lowest BCUT2D eigenvalue weighted by molar-refractivity contribution is 0.0672. The number of carbonyl (C=O) groups excluding carboxylic acids is 1. The molecule has 0 N–H and O–H groups in total. The SMILES string of the molecule is COc1ccc(C(=O)N2CCCC(n3c(C)cnc3C3CCC3)C2)c(OC)c1. The maximum Gasteiger partial charge on any atom is 0.257 e. The number of likely N-dealkylation sites (tertiary alicyclic amines) is 1. The lowest BCUT2D eigenvalue weighted by Crippen LogP contribution is -2.41. The first-order valence-electron chi connectivity index (χ1n) is 10.2. The minimum absolute atomic E-state index is 0.0205. The fraction of sp³-hybridized carbons (Fsp3) is 0.545.